The van der Waals surface area contributed by atoms with Crippen molar-refractivity contribution < 1.29 is 13.9 Å². The van der Waals surface area contributed by atoms with Crippen LogP contribution in [0.15, 0.2) is 48.5 Å². The number of nitrogens with zero attached hydrogens (tertiary/aromatic N) is 1. The number of benzene rings is 2. The van der Waals surface area contributed by atoms with Crippen molar-refractivity contribution in [1.82, 2.24) is 15.3 Å². The standard InChI is InChI=1S/C20H22FN3O2/c1-12(2)18(19-22-16-6-4-5-7-17(16)23-19)24-20(25)13(3)26-15-10-8-14(21)9-11-15/h4-13,18H,1-3H3,(H,22,23)(H,24,25)/t13-,18+/m0/s1. The highest BCUT2D eigenvalue weighted by atomic mass is 19.1. The third-order valence-corrected chi connectivity index (χ3v) is 4.16. The van der Waals surface area contributed by atoms with Gasteiger partial charge in [-0.3, -0.25) is 4.79 Å². The number of aromatic amines is 1. The van der Waals surface area contributed by atoms with Crippen molar-refractivity contribution in [2.75, 3.05) is 0 Å². The molecule has 0 saturated carbocycles. The van der Waals surface area contributed by atoms with Crippen LogP contribution in [0.4, 0.5) is 4.39 Å². The van der Waals surface area contributed by atoms with Crippen LogP contribution in [0.25, 0.3) is 11.0 Å². The van der Waals surface area contributed by atoms with Crippen molar-refractivity contribution in [3.63, 3.8) is 0 Å². The maximum Gasteiger partial charge on any atom is 0.261 e. The molecular weight excluding hydrogens is 333 g/mol. The third kappa shape index (κ3) is 4.02. The predicted octanol–water partition coefficient (Wildman–Crippen LogP) is 3.98. The van der Waals surface area contributed by atoms with Gasteiger partial charge in [0.25, 0.3) is 5.91 Å². The number of aromatic nitrogens is 2. The minimum atomic E-state index is -0.717. The zero-order valence-electron chi connectivity index (χ0n) is 15.0. The Balaban J connectivity index is 1.72. The van der Waals surface area contributed by atoms with Crippen molar-refractivity contribution in [2.45, 2.75) is 32.9 Å². The van der Waals surface area contributed by atoms with E-state index in [1.165, 1.54) is 24.3 Å². The molecule has 3 rings (SSSR count). The van der Waals surface area contributed by atoms with Crippen LogP contribution in [0.5, 0.6) is 5.75 Å². The van der Waals surface area contributed by atoms with E-state index in [-0.39, 0.29) is 23.7 Å². The van der Waals surface area contributed by atoms with E-state index in [4.69, 9.17) is 4.74 Å². The molecule has 0 fully saturated rings. The van der Waals surface area contributed by atoms with Crippen LogP contribution in [0.1, 0.15) is 32.6 Å². The van der Waals surface area contributed by atoms with E-state index in [9.17, 15) is 9.18 Å². The molecule has 3 aromatic rings. The molecule has 136 valence electrons. The Bertz CT molecular complexity index is 856. The van der Waals surface area contributed by atoms with Gasteiger partial charge in [0.2, 0.25) is 0 Å². The van der Waals surface area contributed by atoms with Crippen LogP contribution in [0.3, 0.4) is 0 Å². The molecule has 0 radical (unpaired) electrons. The maximum atomic E-state index is 13.0. The number of carbonyl (C=O) groups excluding carboxylic acids is 1. The molecule has 26 heavy (non-hydrogen) atoms. The van der Waals surface area contributed by atoms with Crippen molar-refractivity contribution in [1.29, 1.82) is 0 Å². The number of halogens is 1. The van der Waals surface area contributed by atoms with E-state index >= 15 is 0 Å². The minimum absolute atomic E-state index is 0.137. The average Bonchev–Trinajstić information content (AvgIpc) is 3.04. The van der Waals surface area contributed by atoms with Gasteiger partial charge < -0.3 is 15.0 Å². The lowest BCUT2D eigenvalue weighted by Crippen LogP contribution is -2.40. The fraction of sp³-hybridized carbons (Fsp3) is 0.300. The molecule has 0 saturated heterocycles. The van der Waals surface area contributed by atoms with E-state index in [0.717, 1.165) is 11.0 Å². The normalized spacial score (nSPS) is 13.6. The van der Waals surface area contributed by atoms with Gasteiger partial charge in [0, 0.05) is 0 Å². The second-order valence-electron chi connectivity index (χ2n) is 6.58. The number of hydrogen-bond donors (Lipinski definition) is 2. The lowest BCUT2D eigenvalue weighted by atomic mass is 10.0. The molecule has 6 heteroatoms. The molecule has 0 bridgehead atoms. The van der Waals surface area contributed by atoms with Gasteiger partial charge in [-0.15, -0.1) is 0 Å². The van der Waals surface area contributed by atoms with E-state index in [0.29, 0.717) is 11.6 Å². The van der Waals surface area contributed by atoms with Crippen LogP contribution in [0, 0.1) is 11.7 Å². The number of fused-ring (bicyclic) bond motifs is 1. The average molecular weight is 355 g/mol. The van der Waals surface area contributed by atoms with Crippen LogP contribution in [0.2, 0.25) is 0 Å². The van der Waals surface area contributed by atoms with Gasteiger partial charge >= 0.3 is 0 Å². The lowest BCUT2D eigenvalue weighted by Gasteiger charge is -2.23. The molecule has 0 spiro atoms. The third-order valence-electron chi connectivity index (χ3n) is 4.16. The fourth-order valence-corrected chi connectivity index (χ4v) is 2.71. The SMILES string of the molecule is CC(C)[C@@H](NC(=O)[C@H](C)Oc1ccc(F)cc1)c1nc2ccccc2[nH]1. The van der Waals surface area contributed by atoms with Gasteiger partial charge in [0.15, 0.2) is 6.10 Å². The molecule has 5 nitrogen and oxygen atoms in total. The molecule has 0 aliphatic rings. The second-order valence-corrected chi connectivity index (χ2v) is 6.58. The topological polar surface area (TPSA) is 67.0 Å². The number of rotatable bonds is 6. The number of hydrogen-bond acceptors (Lipinski definition) is 3. The highest BCUT2D eigenvalue weighted by molar-refractivity contribution is 5.81. The number of imidazole rings is 1. The number of para-hydroxylation sites is 2. The molecular formula is C20H22FN3O2. The predicted molar refractivity (Wildman–Crippen MR) is 98.3 cm³/mol. The van der Waals surface area contributed by atoms with Gasteiger partial charge in [0.05, 0.1) is 17.1 Å². The van der Waals surface area contributed by atoms with E-state index in [1.54, 1.807) is 6.92 Å². The summed E-state index contributed by atoms with van der Waals surface area (Å²) >= 11 is 0. The van der Waals surface area contributed by atoms with Crippen molar-refractivity contribution in [3.05, 3.63) is 60.2 Å². The summed E-state index contributed by atoms with van der Waals surface area (Å²) < 4.78 is 18.6. The number of carbonyl (C=O) groups is 1. The van der Waals surface area contributed by atoms with Gasteiger partial charge in [-0.2, -0.15) is 0 Å². The summed E-state index contributed by atoms with van der Waals surface area (Å²) in [6.07, 6.45) is -0.717. The smallest absolute Gasteiger partial charge is 0.261 e. The molecule has 1 amide bonds. The van der Waals surface area contributed by atoms with Gasteiger partial charge in [-0.05, 0) is 49.2 Å². The van der Waals surface area contributed by atoms with E-state index in [1.807, 2.05) is 38.1 Å². The van der Waals surface area contributed by atoms with Gasteiger partial charge in [-0.1, -0.05) is 26.0 Å². The summed E-state index contributed by atoms with van der Waals surface area (Å²) in [6.45, 7) is 5.70. The number of ether oxygens (including phenoxy) is 1. The molecule has 1 heterocycles. The first-order chi connectivity index (χ1) is 12.4. The Kier molecular flexibility index (Phi) is 5.21. The zero-order chi connectivity index (χ0) is 18.7. The summed E-state index contributed by atoms with van der Waals surface area (Å²) in [4.78, 5) is 20.4. The monoisotopic (exact) mass is 355 g/mol. The van der Waals surface area contributed by atoms with Crippen molar-refractivity contribution in [3.8, 4) is 5.75 Å². The number of amides is 1. The molecule has 2 N–H and O–H groups in total. The summed E-state index contributed by atoms with van der Waals surface area (Å²) in [6, 6.07) is 13.1. The minimum Gasteiger partial charge on any atom is -0.481 e. The summed E-state index contributed by atoms with van der Waals surface area (Å²) in [7, 11) is 0. The molecule has 0 aliphatic carbocycles. The zero-order valence-corrected chi connectivity index (χ0v) is 15.0. The molecule has 1 aromatic heterocycles. The Labute approximate surface area is 151 Å². The second kappa shape index (κ2) is 7.56. The van der Waals surface area contributed by atoms with Crippen molar-refractivity contribution in [2.24, 2.45) is 5.92 Å². The Morgan fingerprint density at radius 3 is 2.46 bits per heavy atom. The lowest BCUT2D eigenvalue weighted by molar-refractivity contribution is -0.128. The quantitative estimate of drug-likeness (QED) is 0.703. The fourth-order valence-electron chi connectivity index (χ4n) is 2.71. The van der Waals surface area contributed by atoms with Crippen LogP contribution in [-0.4, -0.2) is 22.0 Å². The molecule has 2 atom stereocenters. The number of nitrogens with one attached hydrogen (secondary N) is 2. The first-order valence-electron chi connectivity index (χ1n) is 8.61. The largest absolute Gasteiger partial charge is 0.481 e. The van der Waals surface area contributed by atoms with E-state index < -0.39 is 6.10 Å². The highest BCUT2D eigenvalue weighted by Gasteiger charge is 2.25. The Morgan fingerprint density at radius 2 is 1.81 bits per heavy atom. The Morgan fingerprint density at radius 1 is 1.12 bits per heavy atom. The van der Waals surface area contributed by atoms with Crippen LogP contribution >= 0.6 is 0 Å². The van der Waals surface area contributed by atoms with Crippen LogP contribution < -0.4 is 10.1 Å². The van der Waals surface area contributed by atoms with Crippen LogP contribution in [-0.2, 0) is 4.79 Å². The number of H-pyrrole nitrogens is 1. The molecule has 0 unspecified atom stereocenters. The summed E-state index contributed by atoms with van der Waals surface area (Å²) in [5, 5.41) is 2.99. The Hall–Kier alpha value is -2.89. The van der Waals surface area contributed by atoms with Crippen molar-refractivity contribution >= 4 is 16.9 Å². The summed E-state index contributed by atoms with van der Waals surface area (Å²) in [5.41, 5.74) is 1.79. The van der Waals surface area contributed by atoms with E-state index in [2.05, 4.69) is 15.3 Å². The molecule has 0 aliphatic heterocycles. The highest BCUT2D eigenvalue weighted by Crippen LogP contribution is 2.22. The maximum absolute atomic E-state index is 13.0. The summed E-state index contributed by atoms with van der Waals surface area (Å²) in [5.74, 6) is 0.688. The van der Waals surface area contributed by atoms with Gasteiger partial charge in [-0.25, -0.2) is 9.37 Å². The first-order valence-corrected chi connectivity index (χ1v) is 8.61. The van der Waals surface area contributed by atoms with Gasteiger partial charge in [0.1, 0.15) is 17.4 Å². The first kappa shape index (κ1) is 17.9. The molecule has 2 aromatic carbocycles.